The summed E-state index contributed by atoms with van der Waals surface area (Å²) in [6, 6.07) is 7.08. The van der Waals surface area contributed by atoms with Crippen molar-refractivity contribution in [1.82, 2.24) is 25.6 Å². The van der Waals surface area contributed by atoms with Gasteiger partial charge in [-0.15, -0.1) is 16.4 Å². The van der Waals surface area contributed by atoms with E-state index in [1.807, 2.05) is 6.07 Å². The molecule has 1 aromatic carbocycles. The van der Waals surface area contributed by atoms with Gasteiger partial charge in [0.2, 0.25) is 0 Å². The molecular formula is C17H14N6OS. The summed E-state index contributed by atoms with van der Waals surface area (Å²) in [7, 11) is 0. The summed E-state index contributed by atoms with van der Waals surface area (Å²) in [4.78, 5) is 16.8. The van der Waals surface area contributed by atoms with E-state index in [2.05, 4.69) is 48.1 Å². The molecule has 1 aliphatic rings. The molecule has 0 bridgehead atoms. The van der Waals surface area contributed by atoms with Crippen molar-refractivity contribution >= 4 is 23.2 Å². The smallest absolute Gasteiger partial charge is 0.270 e. The van der Waals surface area contributed by atoms with E-state index >= 15 is 0 Å². The summed E-state index contributed by atoms with van der Waals surface area (Å²) in [6.07, 6.45) is 3.75. The molecule has 1 amide bonds. The van der Waals surface area contributed by atoms with Crippen LogP contribution in [0.25, 0.3) is 0 Å². The first-order valence-corrected chi connectivity index (χ1v) is 8.78. The lowest BCUT2D eigenvalue weighted by atomic mass is 9.83. The van der Waals surface area contributed by atoms with Crippen molar-refractivity contribution in [2.75, 3.05) is 5.32 Å². The van der Waals surface area contributed by atoms with E-state index in [1.54, 1.807) is 29.5 Å². The van der Waals surface area contributed by atoms with Crippen molar-refractivity contribution in [3.8, 4) is 11.8 Å². The molecule has 0 unspecified atom stereocenters. The number of aromatic amines is 1. The third-order valence-corrected chi connectivity index (χ3v) is 4.83. The third kappa shape index (κ3) is 3.56. The lowest BCUT2D eigenvalue weighted by molar-refractivity contribution is 0.102. The van der Waals surface area contributed by atoms with Crippen LogP contribution in [0.3, 0.4) is 0 Å². The summed E-state index contributed by atoms with van der Waals surface area (Å²) >= 11 is 1.57. The number of hydrogen-bond donors (Lipinski definition) is 2. The summed E-state index contributed by atoms with van der Waals surface area (Å²) < 4.78 is 0. The van der Waals surface area contributed by atoms with E-state index in [4.69, 9.17) is 0 Å². The van der Waals surface area contributed by atoms with Crippen LogP contribution in [0, 0.1) is 11.8 Å². The number of benzene rings is 1. The molecule has 1 fully saturated rings. The predicted octanol–water partition coefficient (Wildman–Crippen LogP) is 2.58. The molecule has 1 saturated carbocycles. The molecule has 2 N–H and O–H groups in total. The maximum Gasteiger partial charge on any atom is 0.270 e. The Balaban J connectivity index is 1.48. The molecule has 124 valence electrons. The van der Waals surface area contributed by atoms with Crippen LogP contribution in [0.1, 0.15) is 51.8 Å². The van der Waals surface area contributed by atoms with Gasteiger partial charge in [0.05, 0.1) is 5.69 Å². The van der Waals surface area contributed by atoms with Gasteiger partial charge < -0.3 is 0 Å². The quantitative estimate of drug-likeness (QED) is 0.708. The highest BCUT2D eigenvalue weighted by Gasteiger charge is 2.21. The van der Waals surface area contributed by atoms with Gasteiger partial charge in [0, 0.05) is 22.4 Å². The maximum absolute atomic E-state index is 12.2. The first-order valence-electron chi connectivity index (χ1n) is 7.90. The van der Waals surface area contributed by atoms with Crippen LogP contribution in [-0.2, 0) is 0 Å². The van der Waals surface area contributed by atoms with Crippen molar-refractivity contribution in [2.24, 2.45) is 0 Å². The lowest BCUT2D eigenvalue weighted by Crippen LogP contribution is -2.13. The van der Waals surface area contributed by atoms with Crippen LogP contribution in [-0.4, -0.2) is 31.5 Å². The highest BCUT2D eigenvalue weighted by atomic mass is 32.1. The van der Waals surface area contributed by atoms with Gasteiger partial charge in [0.15, 0.2) is 5.01 Å². The lowest BCUT2D eigenvalue weighted by Gasteiger charge is -2.22. The van der Waals surface area contributed by atoms with Gasteiger partial charge in [0.1, 0.15) is 0 Å². The van der Waals surface area contributed by atoms with Crippen molar-refractivity contribution in [2.45, 2.75) is 25.2 Å². The molecule has 0 radical (unpaired) electrons. The topological polar surface area (TPSA) is 96.5 Å². The van der Waals surface area contributed by atoms with E-state index in [0.717, 1.165) is 16.3 Å². The first kappa shape index (κ1) is 15.5. The van der Waals surface area contributed by atoms with Crippen molar-refractivity contribution in [3.63, 3.8) is 0 Å². The summed E-state index contributed by atoms with van der Waals surface area (Å²) in [5.41, 5.74) is 2.39. The third-order valence-electron chi connectivity index (χ3n) is 4.05. The minimum atomic E-state index is -0.313. The molecule has 3 aromatic rings. The Hall–Kier alpha value is -3.05. The number of amides is 1. The Morgan fingerprint density at radius 3 is 3.00 bits per heavy atom. The Morgan fingerprint density at radius 2 is 2.24 bits per heavy atom. The monoisotopic (exact) mass is 350 g/mol. The highest BCUT2D eigenvalue weighted by molar-refractivity contribution is 7.10. The molecule has 2 aromatic heterocycles. The van der Waals surface area contributed by atoms with Crippen LogP contribution in [0.4, 0.5) is 5.95 Å². The fourth-order valence-electron chi connectivity index (χ4n) is 2.49. The zero-order chi connectivity index (χ0) is 17.1. The van der Waals surface area contributed by atoms with Gasteiger partial charge >= 0.3 is 0 Å². The van der Waals surface area contributed by atoms with Gasteiger partial charge in [-0.3, -0.25) is 10.1 Å². The van der Waals surface area contributed by atoms with Gasteiger partial charge in [-0.2, -0.15) is 5.21 Å². The largest absolute Gasteiger partial charge is 0.288 e. The Labute approximate surface area is 147 Å². The number of thiazole rings is 1. The molecule has 0 saturated heterocycles. The number of tetrazole rings is 1. The molecule has 4 rings (SSSR count). The molecule has 1 aliphatic carbocycles. The number of carbonyl (C=O) groups is 1. The number of hydrogen-bond acceptors (Lipinski definition) is 6. The number of aromatic nitrogens is 5. The van der Waals surface area contributed by atoms with Gasteiger partial charge in [0.25, 0.3) is 11.9 Å². The van der Waals surface area contributed by atoms with E-state index in [9.17, 15) is 4.79 Å². The van der Waals surface area contributed by atoms with Gasteiger partial charge in [-0.25, -0.2) is 4.98 Å². The summed E-state index contributed by atoms with van der Waals surface area (Å²) in [6.45, 7) is 0. The number of nitrogens with one attached hydrogen (secondary N) is 2. The number of anilines is 1. The van der Waals surface area contributed by atoms with E-state index in [-0.39, 0.29) is 11.9 Å². The van der Waals surface area contributed by atoms with Crippen LogP contribution in [0.5, 0.6) is 0 Å². The average Bonchev–Trinajstić information content (AvgIpc) is 3.24. The fourth-order valence-corrected chi connectivity index (χ4v) is 3.23. The minimum Gasteiger partial charge on any atom is -0.288 e. The summed E-state index contributed by atoms with van der Waals surface area (Å²) in [5, 5.41) is 18.5. The van der Waals surface area contributed by atoms with E-state index in [1.165, 1.54) is 19.3 Å². The highest BCUT2D eigenvalue weighted by Crippen LogP contribution is 2.36. The van der Waals surface area contributed by atoms with Crippen LogP contribution >= 0.6 is 11.3 Å². The Kier molecular flexibility index (Phi) is 4.23. The zero-order valence-corrected chi connectivity index (χ0v) is 14.0. The number of nitrogens with zero attached hydrogens (tertiary/aromatic N) is 4. The predicted molar refractivity (Wildman–Crippen MR) is 93.3 cm³/mol. The number of H-pyrrole nitrogens is 1. The van der Waals surface area contributed by atoms with E-state index < -0.39 is 0 Å². The minimum absolute atomic E-state index is 0.132. The van der Waals surface area contributed by atoms with Crippen molar-refractivity contribution in [3.05, 3.63) is 51.5 Å². The van der Waals surface area contributed by atoms with Crippen LogP contribution < -0.4 is 5.32 Å². The molecular weight excluding hydrogens is 336 g/mol. The molecule has 2 heterocycles. The van der Waals surface area contributed by atoms with E-state index in [0.29, 0.717) is 11.5 Å². The zero-order valence-electron chi connectivity index (χ0n) is 13.2. The standard InChI is InChI=1S/C17H14N6OS/c24-16(19-17-20-22-23-21-17)13-6-1-3-11(9-13)7-8-15-18-14(10-25-15)12-4-2-5-12/h1,3,6,9-10,12H,2,4-5H2,(H2,19,20,21,22,23,24). The molecule has 7 nitrogen and oxygen atoms in total. The number of carbonyl (C=O) groups excluding carboxylic acids is 1. The van der Waals surface area contributed by atoms with Gasteiger partial charge in [-0.05, 0) is 42.2 Å². The maximum atomic E-state index is 12.2. The molecule has 8 heteroatoms. The van der Waals surface area contributed by atoms with Crippen LogP contribution in [0.15, 0.2) is 29.6 Å². The van der Waals surface area contributed by atoms with Gasteiger partial charge in [-0.1, -0.05) is 23.5 Å². The SMILES string of the molecule is O=C(Nc1nn[nH]n1)c1cccc(C#Cc2nc(C3CCC3)cs2)c1. The number of rotatable bonds is 3. The first-order chi connectivity index (χ1) is 12.3. The van der Waals surface area contributed by atoms with Crippen molar-refractivity contribution < 1.29 is 4.79 Å². The molecule has 0 atom stereocenters. The van der Waals surface area contributed by atoms with Crippen LogP contribution in [0.2, 0.25) is 0 Å². The molecule has 25 heavy (non-hydrogen) atoms. The Morgan fingerprint density at radius 1 is 1.32 bits per heavy atom. The second kappa shape index (κ2) is 6.83. The summed E-state index contributed by atoms with van der Waals surface area (Å²) in [5.74, 6) is 6.59. The second-order valence-corrected chi connectivity index (χ2v) is 6.58. The average molecular weight is 350 g/mol. The Bertz CT molecular complexity index is 949. The molecule has 0 spiro atoms. The second-order valence-electron chi connectivity index (χ2n) is 5.73. The fraction of sp³-hybridized carbons (Fsp3) is 0.235. The normalized spacial score (nSPS) is 13.6. The van der Waals surface area contributed by atoms with Crippen molar-refractivity contribution in [1.29, 1.82) is 0 Å². The molecule has 0 aliphatic heterocycles.